The summed E-state index contributed by atoms with van der Waals surface area (Å²) in [5.74, 6) is 1.64. The van der Waals surface area contributed by atoms with E-state index in [0.717, 1.165) is 43.7 Å². The number of nitrogens with zero attached hydrogens (tertiary/aromatic N) is 1. The lowest BCUT2D eigenvalue weighted by Crippen LogP contribution is -2.66. The number of ketones is 1. The number of hydrogen-bond donors (Lipinski definition) is 0. The minimum absolute atomic E-state index is 0.217. The van der Waals surface area contributed by atoms with Gasteiger partial charge in [-0.25, -0.2) is 4.79 Å². The van der Waals surface area contributed by atoms with Crippen LogP contribution in [-0.2, 0) is 26.2 Å². The number of carbonyl (C=O) groups is 2. The van der Waals surface area contributed by atoms with E-state index in [-0.39, 0.29) is 17.2 Å². The fourth-order valence-electron chi connectivity index (χ4n) is 6.67. The second-order valence-electron chi connectivity index (χ2n) is 9.27. The fraction of sp³-hybridized carbons (Fsp3) is 0.600. The molecule has 1 aromatic rings. The largest absolute Gasteiger partial charge is 0.493 e. The number of piperidine rings is 1. The summed E-state index contributed by atoms with van der Waals surface area (Å²) in [5, 5.41) is 0. The van der Waals surface area contributed by atoms with Crippen LogP contribution in [0.3, 0.4) is 0 Å². The van der Waals surface area contributed by atoms with E-state index in [1.54, 1.807) is 7.11 Å². The zero-order valence-corrected chi connectivity index (χ0v) is 18.6. The number of carbonyl (C=O) groups excluding carboxylic acids is 2. The van der Waals surface area contributed by atoms with Gasteiger partial charge in [-0.15, -0.1) is 0 Å². The Kier molecular flexibility index (Phi) is 5.08. The molecule has 4 aliphatic rings. The predicted octanol–water partition coefficient (Wildman–Crippen LogP) is 3.29. The summed E-state index contributed by atoms with van der Waals surface area (Å²) in [7, 11) is 3.01. The Bertz CT molecular complexity index is 954. The topological polar surface area (TPSA) is 65.1 Å². The molecule has 1 saturated heterocycles. The van der Waals surface area contributed by atoms with Gasteiger partial charge >= 0.3 is 5.97 Å². The molecule has 0 aromatic heterocycles. The minimum Gasteiger partial charge on any atom is -0.493 e. The highest BCUT2D eigenvalue weighted by Crippen LogP contribution is 2.63. The Labute approximate surface area is 183 Å². The molecule has 0 N–H and O–H groups in total. The van der Waals surface area contributed by atoms with Crippen molar-refractivity contribution in [3.8, 4) is 11.5 Å². The first kappa shape index (κ1) is 20.6. The highest BCUT2D eigenvalue weighted by atomic mass is 16.5. The molecule has 6 nitrogen and oxygen atoms in total. The monoisotopic (exact) mass is 425 g/mol. The zero-order chi connectivity index (χ0) is 21.8. The number of unbranched alkanes of at least 4 members (excludes halogenated alkanes) is 1. The number of likely N-dealkylation sites (tertiary alicyclic amines) is 1. The average Bonchev–Trinajstić information content (AvgIpc) is 3.13. The lowest BCUT2D eigenvalue weighted by Gasteiger charge is -2.58. The number of Topliss-reactive ketones (excluding diaryl/α,β-unsaturated/α-hetero) is 1. The van der Waals surface area contributed by atoms with Gasteiger partial charge in [-0.1, -0.05) is 13.3 Å². The Morgan fingerprint density at radius 1 is 1.39 bits per heavy atom. The third-order valence-electron chi connectivity index (χ3n) is 7.99. The van der Waals surface area contributed by atoms with Gasteiger partial charge < -0.3 is 14.2 Å². The second-order valence-corrected chi connectivity index (χ2v) is 9.27. The van der Waals surface area contributed by atoms with E-state index in [2.05, 4.69) is 11.8 Å². The summed E-state index contributed by atoms with van der Waals surface area (Å²) >= 11 is 0. The summed E-state index contributed by atoms with van der Waals surface area (Å²) in [6.07, 6.45) is 8.60. The lowest BCUT2D eigenvalue weighted by atomic mass is 9.51. The van der Waals surface area contributed by atoms with Crippen LogP contribution in [0.2, 0.25) is 0 Å². The average molecular weight is 426 g/mol. The maximum atomic E-state index is 13.1. The van der Waals surface area contributed by atoms with Crippen LogP contribution >= 0.6 is 0 Å². The van der Waals surface area contributed by atoms with Crippen LogP contribution in [0.1, 0.15) is 55.7 Å². The molecule has 2 fully saturated rings. The SMILES string of the molecule is CCCCN1CC[C@]23c4c5c(/C=C/C(=O)OC)cc(OC)c4O[C@H]2C(=O)CCC3C1C5. The van der Waals surface area contributed by atoms with Crippen LogP contribution in [0, 0.1) is 5.92 Å². The van der Waals surface area contributed by atoms with Gasteiger partial charge in [0.2, 0.25) is 0 Å². The quantitative estimate of drug-likeness (QED) is 0.515. The normalized spacial score (nSPS) is 30.8. The van der Waals surface area contributed by atoms with E-state index in [1.165, 1.54) is 37.2 Å². The Morgan fingerprint density at radius 2 is 2.23 bits per heavy atom. The molecule has 2 unspecified atom stereocenters. The molecule has 0 amide bonds. The number of methoxy groups -OCH3 is 2. The van der Waals surface area contributed by atoms with E-state index in [1.807, 2.05) is 12.1 Å². The van der Waals surface area contributed by atoms with Crippen LogP contribution in [0.25, 0.3) is 6.08 Å². The molecule has 6 heteroatoms. The molecule has 2 bridgehead atoms. The molecule has 1 aromatic carbocycles. The van der Waals surface area contributed by atoms with Gasteiger partial charge in [-0.05, 0) is 68.0 Å². The maximum Gasteiger partial charge on any atom is 0.330 e. The number of esters is 1. The van der Waals surface area contributed by atoms with Crippen molar-refractivity contribution in [1.29, 1.82) is 0 Å². The molecular formula is C25H31NO5. The van der Waals surface area contributed by atoms with Gasteiger partial charge in [-0.2, -0.15) is 0 Å². The molecule has 2 aliphatic carbocycles. The first-order valence-corrected chi connectivity index (χ1v) is 11.5. The maximum absolute atomic E-state index is 13.1. The predicted molar refractivity (Wildman–Crippen MR) is 116 cm³/mol. The van der Waals surface area contributed by atoms with Gasteiger partial charge in [0.25, 0.3) is 0 Å². The summed E-state index contributed by atoms with van der Waals surface area (Å²) in [4.78, 5) is 27.5. The van der Waals surface area contributed by atoms with Crippen LogP contribution in [0.4, 0.5) is 0 Å². The van der Waals surface area contributed by atoms with Gasteiger partial charge in [0.15, 0.2) is 23.4 Å². The summed E-state index contributed by atoms with van der Waals surface area (Å²) in [5.41, 5.74) is 3.07. The molecule has 4 atom stereocenters. The van der Waals surface area contributed by atoms with Crippen molar-refractivity contribution in [2.45, 2.75) is 63.0 Å². The minimum atomic E-state index is -0.412. The van der Waals surface area contributed by atoms with Crippen molar-refractivity contribution in [3.05, 3.63) is 28.8 Å². The van der Waals surface area contributed by atoms with Crippen molar-refractivity contribution < 1.29 is 23.8 Å². The molecule has 0 radical (unpaired) electrons. The van der Waals surface area contributed by atoms with Crippen LogP contribution < -0.4 is 9.47 Å². The van der Waals surface area contributed by atoms with Gasteiger partial charge in [-0.3, -0.25) is 9.69 Å². The number of hydrogen-bond acceptors (Lipinski definition) is 6. The van der Waals surface area contributed by atoms with Crippen molar-refractivity contribution in [2.24, 2.45) is 5.92 Å². The van der Waals surface area contributed by atoms with Gasteiger partial charge in [0, 0.05) is 29.5 Å². The Morgan fingerprint density at radius 3 is 2.97 bits per heavy atom. The van der Waals surface area contributed by atoms with E-state index < -0.39 is 6.10 Å². The second kappa shape index (κ2) is 7.66. The lowest BCUT2D eigenvalue weighted by molar-refractivity contribution is -0.138. The van der Waals surface area contributed by atoms with Crippen LogP contribution in [-0.4, -0.2) is 56.1 Å². The van der Waals surface area contributed by atoms with Crippen molar-refractivity contribution in [1.82, 2.24) is 4.90 Å². The van der Waals surface area contributed by atoms with E-state index >= 15 is 0 Å². The number of ether oxygens (including phenoxy) is 3. The Balaban J connectivity index is 1.69. The Hall–Kier alpha value is -2.34. The molecule has 2 aliphatic heterocycles. The van der Waals surface area contributed by atoms with E-state index in [4.69, 9.17) is 14.2 Å². The first-order valence-electron chi connectivity index (χ1n) is 11.5. The summed E-state index contributed by atoms with van der Waals surface area (Å²) < 4.78 is 16.9. The summed E-state index contributed by atoms with van der Waals surface area (Å²) in [6, 6.07) is 2.34. The molecule has 5 rings (SSSR count). The fourth-order valence-corrected chi connectivity index (χ4v) is 6.67. The molecule has 166 valence electrons. The number of benzene rings is 1. The first-order chi connectivity index (χ1) is 15.0. The highest BCUT2D eigenvalue weighted by molar-refractivity contribution is 5.91. The molecule has 2 heterocycles. The van der Waals surface area contributed by atoms with Crippen LogP contribution in [0.15, 0.2) is 12.1 Å². The third kappa shape index (κ3) is 2.87. The molecule has 1 spiro atoms. The van der Waals surface area contributed by atoms with Crippen LogP contribution in [0.5, 0.6) is 11.5 Å². The standard InChI is InChI=1S/C25H31NO5/c1-4-5-11-26-12-10-25-17-7-8-19(27)24(25)31-23-20(29-2)13-15(6-9-21(28)30-3)16(22(23)25)14-18(17)26/h6,9,13,17-18,24H,4-5,7-8,10-12,14H2,1-3H3/b9-6+/t17?,18?,24-,25-/m0/s1. The zero-order valence-electron chi connectivity index (χ0n) is 18.6. The van der Waals surface area contributed by atoms with E-state index in [0.29, 0.717) is 24.1 Å². The van der Waals surface area contributed by atoms with Gasteiger partial charge in [0.05, 0.1) is 14.2 Å². The summed E-state index contributed by atoms with van der Waals surface area (Å²) in [6.45, 7) is 4.33. The smallest absolute Gasteiger partial charge is 0.330 e. The van der Waals surface area contributed by atoms with Gasteiger partial charge in [0.1, 0.15) is 0 Å². The number of rotatable bonds is 6. The molecule has 1 saturated carbocycles. The van der Waals surface area contributed by atoms with E-state index in [9.17, 15) is 9.59 Å². The molecule has 31 heavy (non-hydrogen) atoms. The third-order valence-corrected chi connectivity index (χ3v) is 7.99. The van der Waals surface area contributed by atoms with Crippen molar-refractivity contribution in [3.63, 3.8) is 0 Å². The molecular weight excluding hydrogens is 394 g/mol. The highest BCUT2D eigenvalue weighted by Gasteiger charge is 2.66. The van der Waals surface area contributed by atoms with Crippen molar-refractivity contribution in [2.75, 3.05) is 27.3 Å². The van der Waals surface area contributed by atoms with Crippen molar-refractivity contribution >= 4 is 17.8 Å².